The lowest BCUT2D eigenvalue weighted by Crippen LogP contribution is -2.45. The number of nitrogens with one attached hydrogen (secondary N) is 2. The first kappa shape index (κ1) is 22.1. The van der Waals surface area contributed by atoms with Crippen molar-refractivity contribution in [2.45, 2.75) is 18.8 Å². The molecule has 0 unspecified atom stereocenters. The average Bonchev–Trinajstić information content (AvgIpc) is 3.06. The van der Waals surface area contributed by atoms with Crippen LogP contribution in [0.15, 0.2) is 6.20 Å². The van der Waals surface area contributed by atoms with E-state index in [-0.39, 0.29) is 37.6 Å². The molecule has 4 rings (SSSR count). The van der Waals surface area contributed by atoms with Crippen molar-refractivity contribution in [1.82, 2.24) is 29.4 Å². The minimum Gasteiger partial charge on any atom is -0.367 e. The number of halogens is 2. The molecule has 1 saturated carbocycles. The summed E-state index contributed by atoms with van der Waals surface area (Å²) in [5.74, 6) is -2.04. The summed E-state index contributed by atoms with van der Waals surface area (Å²) in [5, 5.41) is 7.34. The molecule has 1 aliphatic carbocycles. The number of fused-ring (bicyclic) bond motifs is 1. The lowest BCUT2D eigenvalue weighted by molar-refractivity contribution is -0.108. The Morgan fingerprint density at radius 2 is 1.87 bits per heavy atom. The van der Waals surface area contributed by atoms with E-state index in [9.17, 15) is 17.2 Å². The molecule has 13 heteroatoms. The van der Waals surface area contributed by atoms with Gasteiger partial charge in [0.15, 0.2) is 5.82 Å². The van der Waals surface area contributed by atoms with E-state index in [1.165, 1.54) is 0 Å². The summed E-state index contributed by atoms with van der Waals surface area (Å²) in [6.07, 6.45) is 1.14. The fraction of sp³-hybridized carbons (Fsp3) is 0.722. The second kappa shape index (κ2) is 8.43. The number of alkyl halides is 2. The van der Waals surface area contributed by atoms with Crippen molar-refractivity contribution in [3.63, 3.8) is 0 Å². The lowest BCUT2D eigenvalue weighted by atomic mass is 9.82. The zero-order valence-electron chi connectivity index (χ0n) is 17.7. The van der Waals surface area contributed by atoms with Crippen molar-refractivity contribution in [3.05, 3.63) is 6.20 Å². The molecule has 2 aromatic rings. The third-order valence-electron chi connectivity index (χ3n) is 5.79. The number of piperazine rings is 1. The number of sulfonamides is 1. The second-order valence-corrected chi connectivity index (χ2v) is 10.3. The Kier molecular flexibility index (Phi) is 6.01. The maximum atomic E-state index is 12.9. The fourth-order valence-electron chi connectivity index (χ4n) is 3.89. The number of nitrogens with zero attached hydrogens (tertiary/aromatic N) is 6. The largest absolute Gasteiger partial charge is 0.367 e. The van der Waals surface area contributed by atoms with Crippen LogP contribution < -0.4 is 14.9 Å². The molecule has 10 nitrogen and oxygen atoms in total. The lowest BCUT2D eigenvalue weighted by Gasteiger charge is -2.34. The maximum absolute atomic E-state index is 12.9. The van der Waals surface area contributed by atoms with Crippen LogP contribution >= 0.6 is 0 Å². The highest BCUT2D eigenvalue weighted by Crippen LogP contribution is 2.41. The molecule has 0 atom stereocenters. The SMILES string of the molecule is CN1CCN(c2nc(NCCS(=O)(=O)NCC3CC(F)(F)C3)c3c(cnn3C)n2)CC1. The molecule has 172 valence electrons. The molecule has 0 spiro atoms. The van der Waals surface area contributed by atoms with Gasteiger partial charge in [0.1, 0.15) is 11.0 Å². The topological polar surface area (TPSA) is 108 Å². The Balaban J connectivity index is 1.39. The van der Waals surface area contributed by atoms with Gasteiger partial charge in [0, 0.05) is 59.2 Å². The third-order valence-corrected chi connectivity index (χ3v) is 7.14. The zero-order chi connectivity index (χ0) is 22.2. The van der Waals surface area contributed by atoms with Crippen LogP contribution in [0, 0.1) is 5.92 Å². The van der Waals surface area contributed by atoms with Crippen molar-refractivity contribution < 1.29 is 17.2 Å². The Hall–Kier alpha value is -2.12. The van der Waals surface area contributed by atoms with Gasteiger partial charge in [-0.25, -0.2) is 26.9 Å². The van der Waals surface area contributed by atoms with Crippen LogP contribution in [0.25, 0.3) is 11.0 Å². The molecule has 3 heterocycles. The summed E-state index contributed by atoms with van der Waals surface area (Å²) < 4.78 is 54.4. The normalized spacial score (nSPS) is 20.2. The maximum Gasteiger partial charge on any atom is 0.248 e. The predicted octanol–water partition coefficient (Wildman–Crippen LogP) is 0.492. The van der Waals surface area contributed by atoms with Gasteiger partial charge in [0.25, 0.3) is 0 Å². The van der Waals surface area contributed by atoms with Crippen LogP contribution in [0.5, 0.6) is 0 Å². The van der Waals surface area contributed by atoms with E-state index in [4.69, 9.17) is 0 Å². The minimum atomic E-state index is -3.59. The summed E-state index contributed by atoms with van der Waals surface area (Å²) in [6.45, 7) is 3.60. The monoisotopic (exact) mass is 458 g/mol. The van der Waals surface area contributed by atoms with Crippen LogP contribution in [0.3, 0.4) is 0 Å². The van der Waals surface area contributed by atoms with Crippen molar-refractivity contribution in [1.29, 1.82) is 0 Å². The van der Waals surface area contributed by atoms with Gasteiger partial charge in [-0.2, -0.15) is 10.1 Å². The fourth-order valence-corrected chi connectivity index (χ4v) is 4.89. The number of hydrogen-bond acceptors (Lipinski definition) is 8. The third kappa shape index (κ3) is 5.21. The van der Waals surface area contributed by atoms with Crippen LogP contribution in [0.1, 0.15) is 12.8 Å². The van der Waals surface area contributed by atoms with E-state index in [1.54, 1.807) is 17.9 Å². The first-order valence-corrected chi connectivity index (χ1v) is 12.0. The first-order valence-electron chi connectivity index (χ1n) is 10.3. The number of aryl methyl sites for hydroxylation is 1. The molecule has 2 fully saturated rings. The Morgan fingerprint density at radius 1 is 1.16 bits per heavy atom. The Morgan fingerprint density at radius 3 is 2.55 bits per heavy atom. The van der Waals surface area contributed by atoms with E-state index in [2.05, 4.69) is 42.0 Å². The zero-order valence-corrected chi connectivity index (χ0v) is 18.5. The quantitative estimate of drug-likeness (QED) is 0.589. The second-order valence-electron chi connectivity index (χ2n) is 8.39. The molecule has 0 bridgehead atoms. The number of hydrogen-bond donors (Lipinski definition) is 2. The summed E-state index contributed by atoms with van der Waals surface area (Å²) >= 11 is 0. The molecule has 0 aromatic carbocycles. The van der Waals surface area contributed by atoms with Gasteiger partial charge >= 0.3 is 0 Å². The number of anilines is 2. The Bertz CT molecular complexity index is 1030. The molecule has 1 saturated heterocycles. The van der Waals surface area contributed by atoms with E-state index in [0.717, 1.165) is 26.2 Å². The van der Waals surface area contributed by atoms with Gasteiger partial charge in [-0.3, -0.25) is 4.68 Å². The molecular formula is C18H28F2N8O2S. The van der Waals surface area contributed by atoms with Gasteiger partial charge in [-0.05, 0) is 13.0 Å². The number of rotatable bonds is 8. The Labute approximate surface area is 180 Å². The van der Waals surface area contributed by atoms with Gasteiger partial charge in [0.05, 0.1) is 11.9 Å². The standard InChI is InChI=1S/C18H28F2N8O2S/c1-26-4-6-28(7-5-26)17-24-14-12-22-27(2)15(14)16(25-17)21-3-8-31(29,30)23-11-13-9-18(19,20)10-13/h12-13,23H,3-11H2,1-2H3,(H,21,24,25). The van der Waals surface area contributed by atoms with Gasteiger partial charge in [-0.15, -0.1) is 0 Å². The summed E-state index contributed by atoms with van der Waals surface area (Å²) in [6, 6.07) is 0. The predicted molar refractivity (Wildman–Crippen MR) is 114 cm³/mol. The van der Waals surface area contributed by atoms with Crippen molar-refractivity contribution in [2.75, 3.05) is 62.3 Å². The highest BCUT2D eigenvalue weighted by Gasteiger charge is 2.45. The smallest absolute Gasteiger partial charge is 0.248 e. The first-order chi connectivity index (χ1) is 14.6. The van der Waals surface area contributed by atoms with Crippen LogP contribution in [0.4, 0.5) is 20.5 Å². The van der Waals surface area contributed by atoms with Crippen molar-refractivity contribution >= 4 is 32.8 Å². The molecule has 31 heavy (non-hydrogen) atoms. The molecule has 2 aromatic heterocycles. The highest BCUT2D eigenvalue weighted by atomic mass is 32.2. The molecule has 0 radical (unpaired) electrons. The number of aromatic nitrogens is 4. The van der Waals surface area contributed by atoms with Crippen molar-refractivity contribution in [2.24, 2.45) is 13.0 Å². The van der Waals surface area contributed by atoms with Crippen LogP contribution in [-0.4, -0.2) is 91.1 Å². The summed E-state index contributed by atoms with van der Waals surface area (Å²) in [4.78, 5) is 13.6. The number of likely N-dealkylation sites (N-methyl/N-ethyl adjacent to an activating group) is 1. The van der Waals surface area contributed by atoms with Gasteiger partial charge in [-0.1, -0.05) is 0 Å². The van der Waals surface area contributed by atoms with Crippen LogP contribution in [0.2, 0.25) is 0 Å². The molecule has 1 aliphatic heterocycles. The minimum absolute atomic E-state index is 0.0466. The van der Waals surface area contributed by atoms with E-state index in [0.29, 0.717) is 22.8 Å². The van der Waals surface area contributed by atoms with E-state index in [1.807, 2.05) is 0 Å². The van der Waals surface area contributed by atoms with Crippen LogP contribution in [-0.2, 0) is 17.1 Å². The molecular weight excluding hydrogens is 430 g/mol. The average molecular weight is 459 g/mol. The highest BCUT2D eigenvalue weighted by molar-refractivity contribution is 7.89. The summed E-state index contributed by atoms with van der Waals surface area (Å²) in [5.41, 5.74) is 1.38. The van der Waals surface area contributed by atoms with E-state index < -0.39 is 15.9 Å². The molecule has 2 aliphatic rings. The van der Waals surface area contributed by atoms with Gasteiger partial charge < -0.3 is 15.1 Å². The molecule has 2 N–H and O–H groups in total. The summed E-state index contributed by atoms with van der Waals surface area (Å²) in [7, 11) is 0.261. The van der Waals surface area contributed by atoms with Crippen molar-refractivity contribution in [3.8, 4) is 0 Å². The van der Waals surface area contributed by atoms with Gasteiger partial charge in [0.2, 0.25) is 21.9 Å². The molecule has 0 amide bonds. The van der Waals surface area contributed by atoms with E-state index >= 15 is 0 Å².